The van der Waals surface area contributed by atoms with E-state index in [1.165, 1.54) is 39.8 Å². The fourth-order valence-electron chi connectivity index (χ4n) is 1.82. The van der Waals surface area contributed by atoms with Gasteiger partial charge < -0.3 is 0 Å². The van der Waals surface area contributed by atoms with Crippen LogP contribution in [0.15, 0.2) is 0 Å². The molecular weight excluding hydrogens is 248 g/mol. The largest absolute Gasteiger partial charge is 0.229 e. The smallest absolute Gasteiger partial charge is 0.211 e. The summed E-state index contributed by atoms with van der Waals surface area (Å²) in [4.78, 5) is 0. The number of nitriles is 1. The molecule has 0 fully saturated rings. The van der Waals surface area contributed by atoms with Gasteiger partial charge in [0.1, 0.15) is 0 Å². The Balaban J connectivity index is 3.87. The molecule has 1 unspecified atom stereocenters. The van der Waals surface area contributed by atoms with Crippen LogP contribution in [0.25, 0.3) is 0 Å². The van der Waals surface area contributed by atoms with Gasteiger partial charge in [0, 0.05) is 14.1 Å². The van der Waals surface area contributed by atoms with E-state index in [2.05, 4.69) is 6.92 Å². The van der Waals surface area contributed by atoms with Crippen LogP contribution in [0, 0.1) is 11.3 Å². The van der Waals surface area contributed by atoms with Crippen molar-refractivity contribution in [2.75, 3.05) is 14.1 Å². The van der Waals surface area contributed by atoms with Gasteiger partial charge in [-0.25, -0.2) is 12.7 Å². The standard InChI is InChI=1S/C13H26N2O2S/c1-4-5-6-7-8-9-10-11-13(12-14)18(16,17)15(2)3/h13H,4-11H2,1-3H3. The zero-order valence-corrected chi connectivity index (χ0v) is 12.7. The van der Waals surface area contributed by atoms with Gasteiger partial charge in [0.15, 0.2) is 5.25 Å². The number of rotatable bonds is 10. The Labute approximate surface area is 112 Å². The van der Waals surface area contributed by atoms with Crippen LogP contribution in [-0.4, -0.2) is 32.1 Å². The summed E-state index contributed by atoms with van der Waals surface area (Å²) in [7, 11) is -0.465. The average Bonchev–Trinajstić information content (AvgIpc) is 2.32. The molecule has 0 amide bonds. The van der Waals surface area contributed by atoms with Crippen LogP contribution < -0.4 is 0 Å². The van der Waals surface area contributed by atoms with Crippen LogP contribution in [0.2, 0.25) is 0 Å². The van der Waals surface area contributed by atoms with E-state index in [1.807, 2.05) is 6.07 Å². The van der Waals surface area contributed by atoms with Crippen molar-refractivity contribution in [1.82, 2.24) is 4.31 Å². The molecule has 5 heteroatoms. The van der Waals surface area contributed by atoms with Crippen molar-refractivity contribution >= 4 is 10.0 Å². The highest BCUT2D eigenvalue weighted by molar-refractivity contribution is 7.89. The van der Waals surface area contributed by atoms with Crippen LogP contribution in [-0.2, 0) is 10.0 Å². The molecule has 0 aromatic carbocycles. The third-order valence-electron chi connectivity index (χ3n) is 3.08. The summed E-state index contributed by atoms with van der Waals surface area (Å²) < 4.78 is 24.7. The van der Waals surface area contributed by atoms with E-state index in [1.54, 1.807) is 0 Å². The number of unbranched alkanes of at least 4 members (excludes halogenated alkanes) is 6. The van der Waals surface area contributed by atoms with Crippen molar-refractivity contribution in [3.63, 3.8) is 0 Å². The molecule has 0 aromatic rings. The summed E-state index contributed by atoms with van der Waals surface area (Å²) >= 11 is 0. The van der Waals surface area contributed by atoms with Crippen LogP contribution in [0.5, 0.6) is 0 Å². The topological polar surface area (TPSA) is 61.2 Å². The Kier molecular flexibility index (Phi) is 9.03. The zero-order valence-electron chi connectivity index (χ0n) is 11.9. The maximum absolute atomic E-state index is 11.8. The van der Waals surface area contributed by atoms with Crippen LogP contribution >= 0.6 is 0 Å². The first-order valence-corrected chi connectivity index (χ1v) is 8.28. The number of sulfonamides is 1. The summed E-state index contributed by atoms with van der Waals surface area (Å²) in [6.45, 7) is 2.18. The number of nitrogens with zero attached hydrogens (tertiary/aromatic N) is 2. The quantitative estimate of drug-likeness (QED) is 0.575. The lowest BCUT2D eigenvalue weighted by molar-refractivity contribution is 0.504. The molecule has 0 saturated carbocycles. The van der Waals surface area contributed by atoms with E-state index in [9.17, 15) is 8.42 Å². The first-order valence-electron chi connectivity index (χ1n) is 6.77. The molecule has 0 aliphatic carbocycles. The van der Waals surface area contributed by atoms with Gasteiger partial charge in [0.05, 0.1) is 6.07 Å². The molecular formula is C13H26N2O2S. The first-order chi connectivity index (χ1) is 8.46. The molecule has 0 N–H and O–H groups in total. The Hall–Kier alpha value is -0.600. The normalized spacial score (nSPS) is 13.5. The molecule has 0 bridgehead atoms. The van der Waals surface area contributed by atoms with E-state index in [0.717, 1.165) is 23.6 Å². The predicted molar refractivity (Wildman–Crippen MR) is 74.6 cm³/mol. The van der Waals surface area contributed by atoms with E-state index in [4.69, 9.17) is 5.26 Å². The minimum absolute atomic E-state index is 0.449. The molecule has 0 rings (SSSR count). The van der Waals surface area contributed by atoms with Crippen molar-refractivity contribution < 1.29 is 8.42 Å². The van der Waals surface area contributed by atoms with Gasteiger partial charge in [0.2, 0.25) is 10.0 Å². The van der Waals surface area contributed by atoms with Crippen molar-refractivity contribution in [2.45, 2.75) is 63.5 Å². The Morgan fingerprint density at radius 1 is 1.06 bits per heavy atom. The maximum atomic E-state index is 11.8. The molecule has 106 valence electrons. The van der Waals surface area contributed by atoms with Crippen LogP contribution in [0.4, 0.5) is 0 Å². The Bertz CT molecular complexity index is 344. The van der Waals surface area contributed by atoms with Crippen LogP contribution in [0.3, 0.4) is 0 Å². The van der Waals surface area contributed by atoms with Gasteiger partial charge >= 0.3 is 0 Å². The third-order valence-corrected chi connectivity index (χ3v) is 5.16. The van der Waals surface area contributed by atoms with Gasteiger partial charge in [-0.2, -0.15) is 5.26 Å². The monoisotopic (exact) mass is 274 g/mol. The van der Waals surface area contributed by atoms with Gasteiger partial charge in [-0.3, -0.25) is 0 Å². The maximum Gasteiger partial charge on any atom is 0.229 e. The molecule has 1 atom stereocenters. The average molecular weight is 274 g/mol. The minimum atomic E-state index is -3.42. The summed E-state index contributed by atoms with van der Waals surface area (Å²) in [6, 6.07) is 1.91. The first kappa shape index (κ1) is 17.4. The second-order valence-corrected chi connectivity index (χ2v) is 7.18. The lowest BCUT2D eigenvalue weighted by Gasteiger charge is -2.15. The third kappa shape index (κ3) is 6.36. The lowest BCUT2D eigenvalue weighted by atomic mass is 10.1. The molecule has 0 aromatic heterocycles. The molecule has 0 heterocycles. The summed E-state index contributed by atoms with van der Waals surface area (Å²) in [5.41, 5.74) is 0. The molecule has 0 spiro atoms. The van der Waals surface area contributed by atoms with Crippen molar-refractivity contribution in [3.8, 4) is 6.07 Å². The Morgan fingerprint density at radius 3 is 2.00 bits per heavy atom. The SMILES string of the molecule is CCCCCCCCCC(C#N)S(=O)(=O)N(C)C. The zero-order chi connectivity index (χ0) is 14.0. The predicted octanol–water partition coefficient (Wildman–Crippen LogP) is 2.91. The van der Waals surface area contributed by atoms with Gasteiger partial charge in [0.25, 0.3) is 0 Å². The summed E-state index contributed by atoms with van der Waals surface area (Å²) in [5, 5.41) is 8.04. The molecule has 0 aliphatic rings. The second-order valence-electron chi connectivity index (χ2n) is 4.86. The fraction of sp³-hybridized carbons (Fsp3) is 0.923. The van der Waals surface area contributed by atoms with E-state index < -0.39 is 15.3 Å². The van der Waals surface area contributed by atoms with E-state index in [-0.39, 0.29) is 0 Å². The highest BCUT2D eigenvalue weighted by Crippen LogP contribution is 2.15. The summed E-state index contributed by atoms with van der Waals surface area (Å²) in [5.74, 6) is 0. The molecule has 0 saturated heterocycles. The van der Waals surface area contributed by atoms with Crippen molar-refractivity contribution in [3.05, 3.63) is 0 Å². The van der Waals surface area contributed by atoms with Gasteiger partial charge in [-0.15, -0.1) is 0 Å². The Morgan fingerprint density at radius 2 is 1.56 bits per heavy atom. The van der Waals surface area contributed by atoms with Gasteiger partial charge in [-0.1, -0.05) is 51.9 Å². The number of hydrogen-bond acceptors (Lipinski definition) is 3. The molecule has 0 radical (unpaired) electrons. The van der Waals surface area contributed by atoms with E-state index >= 15 is 0 Å². The van der Waals surface area contributed by atoms with Crippen molar-refractivity contribution in [1.29, 1.82) is 5.26 Å². The van der Waals surface area contributed by atoms with Crippen molar-refractivity contribution in [2.24, 2.45) is 0 Å². The number of hydrogen-bond donors (Lipinski definition) is 0. The van der Waals surface area contributed by atoms with E-state index in [0.29, 0.717) is 6.42 Å². The van der Waals surface area contributed by atoms with Crippen LogP contribution in [0.1, 0.15) is 58.3 Å². The molecule has 0 aliphatic heterocycles. The minimum Gasteiger partial charge on any atom is -0.211 e. The summed E-state index contributed by atoms with van der Waals surface area (Å²) in [6.07, 6.45) is 8.40. The lowest BCUT2D eigenvalue weighted by Crippen LogP contribution is -2.32. The fourth-order valence-corrected chi connectivity index (χ4v) is 2.93. The highest BCUT2D eigenvalue weighted by atomic mass is 32.2. The van der Waals surface area contributed by atoms with Gasteiger partial charge in [-0.05, 0) is 6.42 Å². The molecule has 18 heavy (non-hydrogen) atoms. The second kappa shape index (κ2) is 9.35. The highest BCUT2D eigenvalue weighted by Gasteiger charge is 2.26. The molecule has 4 nitrogen and oxygen atoms in total.